The summed E-state index contributed by atoms with van der Waals surface area (Å²) in [6.07, 6.45) is 1.35. The van der Waals surface area contributed by atoms with Gasteiger partial charge < -0.3 is 11.1 Å². The van der Waals surface area contributed by atoms with E-state index in [1.54, 1.807) is 6.07 Å². The van der Waals surface area contributed by atoms with Crippen molar-refractivity contribution in [2.24, 2.45) is 11.7 Å². The molecule has 4 N–H and O–H groups in total. The molecule has 0 aliphatic rings. The molecule has 1 amide bonds. The van der Waals surface area contributed by atoms with Gasteiger partial charge in [0, 0.05) is 32.3 Å². The van der Waals surface area contributed by atoms with Crippen molar-refractivity contribution in [3.8, 4) is 0 Å². The summed E-state index contributed by atoms with van der Waals surface area (Å²) in [6, 6.07) is 3.00. The Morgan fingerprint density at radius 1 is 1.38 bits per heavy atom. The molecule has 118 valence electrons. The van der Waals surface area contributed by atoms with Crippen molar-refractivity contribution in [1.82, 2.24) is 15.0 Å². The molecule has 0 radical (unpaired) electrons. The molecule has 1 aromatic heterocycles. The van der Waals surface area contributed by atoms with Gasteiger partial charge in [-0.25, -0.2) is 13.1 Å². The van der Waals surface area contributed by atoms with E-state index in [0.29, 0.717) is 18.2 Å². The first-order chi connectivity index (χ1) is 9.85. The van der Waals surface area contributed by atoms with Gasteiger partial charge in [0.05, 0.1) is 5.69 Å². The third kappa shape index (κ3) is 6.19. The number of nitrogens with two attached hydrogens (primary N) is 1. The first kappa shape index (κ1) is 17.5. The zero-order valence-corrected chi connectivity index (χ0v) is 13.1. The highest BCUT2D eigenvalue weighted by molar-refractivity contribution is 7.89. The number of hydrogen-bond donors (Lipinski definition) is 3. The monoisotopic (exact) mass is 314 g/mol. The van der Waals surface area contributed by atoms with Crippen LogP contribution in [-0.2, 0) is 21.4 Å². The van der Waals surface area contributed by atoms with Crippen molar-refractivity contribution in [3.05, 3.63) is 24.0 Å². The lowest BCUT2D eigenvalue weighted by Crippen LogP contribution is -2.32. The van der Waals surface area contributed by atoms with Crippen LogP contribution in [0.15, 0.2) is 23.2 Å². The topological polar surface area (TPSA) is 114 Å². The van der Waals surface area contributed by atoms with Crippen LogP contribution in [0, 0.1) is 5.92 Å². The number of carbonyl (C=O) groups is 1. The molecule has 0 spiro atoms. The maximum atomic E-state index is 12.0. The fourth-order valence-electron chi connectivity index (χ4n) is 1.48. The van der Waals surface area contributed by atoms with E-state index in [9.17, 15) is 13.2 Å². The van der Waals surface area contributed by atoms with E-state index in [1.807, 2.05) is 13.8 Å². The summed E-state index contributed by atoms with van der Waals surface area (Å²) in [6.45, 7) is 4.85. The van der Waals surface area contributed by atoms with Gasteiger partial charge in [-0.15, -0.1) is 0 Å². The van der Waals surface area contributed by atoms with Crippen molar-refractivity contribution in [2.45, 2.75) is 31.7 Å². The highest BCUT2D eigenvalue weighted by atomic mass is 32.2. The quantitative estimate of drug-likeness (QED) is 0.624. The number of carbonyl (C=O) groups excluding carboxylic acids is 1. The SMILES string of the molecule is CC(C)CNC(=O)CCNS(=O)(=O)c1ccc(CN)nc1. The number of amides is 1. The average molecular weight is 314 g/mol. The molecule has 0 saturated carbocycles. The minimum Gasteiger partial charge on any atom is -0.356 e. The van der Waals surface area contributed by atoms with Crippen LogP contribution in [-0.4, -0.2) is 32.4 Å². The lowest BCUT2D eigenvalue weighted by Gasteiger charge is -2.09. The molecule has 8 heteroatoms. The van der Waals surface area contributed by atoms with Gasteiger partial charge in [0.2, 0.25) is 15.9 Å². The third-order valence-corrected chi connectivity index (χ3v) is 4.11. The normalized spacial score (nSPS) is 11.6. The summed E-state index contributed by atoms with van der Waals surface area (Å²) in [5.41, 5.74) is 6.01. The number of nitrogens with zero attached hydrogens (tertiary/aromatic N) is 1. The molecular formula is C13H22N4O3S. The second-order valence-electron chi connectivity index (χ2n) is 5.04. The van der Waals surface area contributed by atoms with Crippen molar-refractivity contribution in [1.29, 1.82) is 0 Å². The molecule has 0 aliphatic carbocycles. The van der Waals surface area contributed by atoms with Crippen LogP contribution in [0.2, 0.25) is 0 Å². The van der Waals surface area contributed by atoms with Gasteiger partial charge in [-0.05, 0) is 18.1 Å². The molecular weight excluding hydrogens is 292 g/mol. The standard InChI is InChI=1S/C13H22N4O3S/c1-10(2)8-16-13(18)5-6-17-21(19,20)12-4-3-11(7-14)15-9-12/h3-4,9-10,17H,5-8,14H2,1-2H3,(H,16,18). The summed E-state index contributed by atoms with van der Waals surface area (Å²) >= 11 is 0. The Morgan fingerprint density at radius 2 is 2.10 bits per heavy atom. The highest BCUT2D eigenvalue weighted by Gasteiger charge is 2.14. The molecule has 0 fully saturated rings. The Balaban J connectivity index is 2.47. The van der Waals surface area contributed by atoms with Crippen LogP contribution in [0.5, 0.6) is 0 Å². The van der Waals surface area contributed by atoms with Gasteiger partial charge >= 0.3 is 0 Å². The molecule has 0 bridgehead atoms. The third-order valence-electron chi connectivity index (χ3n) is 2.67. The van der Waals surface area contributed by atoms with Crippen molar-refractivity contribution in [2.75, 3.05) is 13.1 Å². The molecule has 1 aromatic rings. The number of hydrogen-bond acceptors (Lipinski definition) is 5. The van der Waals surface area contributed by atoms with E-state index in [0.717, 1.165) is 0 Å². The van der Waals surface area contributed by atoms with Crippen molar-refractivity contribution >= 4 is 15.9 Å². The molecule has 1 heterocycles. The van der Waals surface area contributed by atoms with Crippen molar-refractivity contribution in [3.63, 3.8) is 0 Å². The molecule has 21 heavy (non-hydrogen) atoms. The van der Waals surface area contributed by atoms with Gasteiger partial charge in [0.15, 0.2) is 0 Å². The molecule has 0 saturated heterocycles. The van der Waals surface area contributed by atoms with Crippen LogP contribution in [0.4, 0.5) is 0 Å². The molecule has 7 nitrogen and oxygen atoms in total. The maximum Gasteiger partial charge on any atom is 0.242 e. The van der Waals surface area contributed by atoms with E-state index >= 15 is 0 Å². The summed E-state index contributed by atoms with van der Waals surface area (Å²) in [5.74, 6) is 0.181. The second-order valence-corrected chi connectivity index (χ2v) is 6.80. The van der Waals surface area contributed by atoms with E-state index in [4.69, 9.17) is 5.73 Å². The van der Waals surface area contributed by atoms with Gasteiger partial charge in [0.1, 0.15) is 4.90 Å². The molecule has 0 unspecified atom stereocenters. The summed E-state index contributed by atoms with van der Waals surface area (Å²) in [5, 5.41) is 2.72. The number of sulfonamides is 1. The first-order valence-electron chi connectivity index (χ1n) is 6.76. The van der Waals surface area contributed by atoms with Crippen LogP contribution < -0.4 is 15.8 Å². The fourth-order valence-corrected chi connectivity index (χ4v) is 2.46. The average Bonchev–Trinajstić information content (AvgIpc) is 2.45. The van der Waals surface area contributed by atoms with Crippen molar-refractivity contribution < 1.29 is 13.2 Å². The number of aromatic nitrogens is 1. The molecule has 0 atom stereocenters. The van der Waals surface area contributed by atoms with E-state index in [1.165, 1.54) is 12.3 Å². The minimum atomic E-state index is -3.65. The highest BCUT2D eigenvalue weighted by Crippen LogP contribution is 2.07. The fraction of sp³-hybridized carbons (Fsp3) is 0.538. The summed E-state index contributed by atoms with van der Waals surface area (Å²) in [4.78, 5) is 15.5. The molecule has 1 rings (SSSR count). The molecule has 0 aliphatic heterocycles. The van der Waals surface area contributed by atoms with E-state index in [2.05, 4.69) is 15.0 Å². The lowest BCUT2D eigenvalue weighted by molar-refractivity contribution is -0.121. The zero-order chi connectivity index (χ0) is 15.9. The van der Waals surface area contributed by atoms with Gasteiger partial charge in [-0.2, -0.15) is 0 Å². The minimum absolute atomic E-state index is 0.0465. The smallest absolute Gasteiger partial charge is 0.242 e. The lowest BCUT2D eigenvalue weighted by atomic mass is 10.2. The first-order valence-corrected chi connectivity index (χ1v) is 8.25. The van der Waals surface area contributed by atoms with Gasteiger partial charge in [-0.1, -0.05) is 13.8 Å². The Morgan fingerprint density at radius 3 is 2.62 bits per heavy atom. The van der Waals surface area contributed by atoms with Gasteiger partial charge in [0.25, 0.3) is 0 Å². The van der Waals surface area contributed by atoms with Crippen LogP contribution >= 0.6 is 0 Å². The number of rotatable bonds is 8. The number of pyridine rings is 1. The Kier molecular flexibility index (Phi) is 6.73. The zero-order valence-electron chi connectivity index (χ0n) is 12.3. The summed E-state index contributed by atoms with van der Waals surface area (Å²) < 4.78 is 26.3. The Labute approximate surface area is 125 Å². The largest absolute Gasteiger partial charge is 0.356 e. The Bertz CT molecular complexity index is 555. The van der Waals surface area contributed by atoms with E-state index in [-0.39, 0.29) is 30.3 Å². The van der Waals surface area contributed by atoms with Gasteiger partial charge in [-0.3, -0.25) is 9.78 Å². The Hall–Kier alpha value is -1.51. The van der Waals surface area contributed by atoms with Crippen LogP contribution in [0.3, 0.4) is 0 Å². The van der Waals surface area contributed by atoms with Crippen LogP contribution in [0.1, 0.15) is 26.0 Å². The van der Waals surface area contributed by atoms with Crippen LogP contribution in [0.25, 0.3) is 0 Å². The van der Waals surface area contributed by atoms with E-state index < -0.39 is 10.0 Å². The predicted octanol–water partition coefficient (Wildman–Crippen LogP) is -0.0191. The summed E-state index contributed by atoms with van der Waals surface area (Å²) in [7, 11) is -3.65. The molecule has 0 aromatic carbocycles. The maximum absolute atomic E-state index is 12.0. The second kappa shape index (κ2) is 8.06. The predicted molar refractivity (Wildman–Crippen MR) is 79.8 cm³/mol. The number of nitrogens with one attached hydrogen (secondary N) is 2.